The Balaban J connectivity index is 1.25. The van der Waals surface area contributed by atoms with Gasteiger partial charge < -0.3 is 14.8 Å². The molecule has 0 fully saturated rings. The highest BCUT2D eigenvalue weighted by atomic mass is 16.5. The van der Waals surface area contributed by atoms with E-state index in [4.69, 9.17) is 4.52 Å². The average molecular weight is 361 g/mol. The number of hydrogen-bond donors (Lipinski definition) is 2. The number of H-pyrrole nitrogens is 1. The largest absolute Gasteiger partial charge is 0.361 e. The molecular formula is C20H19N5O2. The molecule has 2 N–H and O–H groups in total. The van der Waals surface area contributed by atoms with Crippen LogP contribution in [0.5, 0.6) is 0 Å². The van der Waals surface area contributed by atoms with Gasteiger partial charge >= 0.3 is 0 Å². The number of nitrogens with zero attached hydrogens (tertiary/aromatic N) is 3. The molecule has 0 saturated heterocycles. The Kier molecular flexibility index (Phi) is 4.91. The number of nitrogens with one attached hydrogen (secondary N) is 2. The second-order valence-corrected chi connectivity index (χ2v) is 6.21. The standard InChI is InChI=1S/C20H19N5O2/c26-18(22-12-9-15-13-23-17-4-2-1-3-16(15)17)5-6-19-24-20(25-27-19)14-7-10-21-11-8-14/h1-4,7-8,10-11,13,23H,5-6,9,12H2,(H,22,26). The number of para-hydroxylation sites is 1. The van der Waals surface area contributed by atoms with Gasteiger partial charge in [-0.15, -0.1) is 0 Å². The van der Waals surface area contributed by atoms with Gasteiger partial charge in [-0.2, -0.15) is 4.98 Å². The van der Waals surface area contributed by atoms with E-state index in [0.717, 1.165) is 17.5 Å². The molecule has 0 spiro atoms. The third-order valence-electron chi connectivity index (χ3n) is 4.36. The zero-order chi connectivity index (χ0) is 18.5. The molecular weight excluding hydrogens is 342 g/mol. The van der Waals surface area contributed by atoms with Crippen LogP contribution in [-0.2, 0) is 17.6 Å². The molecule has 136 valence electrons. The maximum atomic E-state index is 12.1. The third kappa shape index (κ3) is 4.03. The van der Waals surface area contributed by atoms with Crippen LogP contribution in [0.1, 0.15) is 17.9 Å². The molecule has 0 aliphatic carbocycles. The minimum absolute atomic E-state index is 0.0292. The fourth-order valence-electron chi connectivity index (χ4n) is 2.96. The Morgan fingerprint density at radius 1 is 1.11 bits per heavy atom. The number of aromatic nitrogens is 4. The molecule has 0 radical (unpaired) electrons. The average Bonchev–Trinajstić information content (AvgIpc) is 3.35. The van der Waals surface area contributed by atoms with E-state index in [2.05, 4.69) is 31.5 Å². The molecule has 1 amide bonds. The van der Waals surface area contributed by atoms with Crippen LogP contribution < -0.4 is 5.32 Å². The minimum atomic E-state index is -0.0292. The molecule has 4 rings (SSSR count). The van der Waals surface area contributed by atoms with Crippen molar-refractivity contribution >= 4 is 16.8 Å². The molecule has 27 heavy (non-hydrogen) atoms. The number of amides is 1. The quantitative estimate of drug-likeness (QED) is 0.527. The van der Waals surface area contributed by atoms with Crippen LogP contribution >= 0.6 is 0 Å². The van der Waals surface area contributed by atoms with E-state index in [0.29, 0.717) is 31.1 Å². The Morgan fingerprint density at radius 2 is 1.96 bits per heavy atom. The number of carbonyl (C=O) groups excluding carboxylic acids is 1. The van der Waals surface area contributed by atoms with Crippen LogP contribution in [-0.4, -0.2) is 32.6 Å². The van der Waals surface area contributed by atoms with Gasteiger partial charge in [-0.05, 0) is 30.2 Å². The predicted molar refractivity (Wildman–Crippen MR) is 101 cm³/mol. The first-order valence-electron chi connectivity index (χ1n) is 8.84. The van der Waals surface area contributed by atoms with Crippen molar-refractivity contribution in [2.24, 2.45) is 0 Å². The zero-order valence-corrected chi connectivity index (χ0v) is 14.7. The van der Waals surface area contributed by atoms with Crippen molar-refractivity contribution in [2.75, 3.05) is 6.54 Å². The fraction of sp³-hybridized carbons (Fsp3) is 0.200. The first-order valence-corrected chi connectivity index (χ1v) is 8.84. The van der Waals surface area contributed by atoms with Gasteiger partial charge in [0, 0.05) is 54.4 Å². The van der Waals surface area contributed by atoms with Crippen molar-refractivity contribution in [2.45, 2.75) is 19.3 Å². The summed E-state index contributed by atoms with van der Waals surface area (Å²) in [4.78, 5) is 23.6. The topological polar surface area (TPSA) is 96.7 Å². The maximum absolute atomic E-state index is 12.1. The Morgan fingerprint density at radius 3 is 2.85 bits per heavy atom. The van der Waals surface area contributed by atoms with Gasteiger partial charge in [-0.3, -0.25) is 9.78 Å². The molecule has 0 aliphatic heterocycles. The lowest BCUT2D eigenvalue weighted by Crippen LogP contribution is -2.25. The number of pyridine rings is 1. The molecule has 0 aliphatic rings. The summed E-state index contributed by atoms with van der Waals surface area (Å²) in [5.74, 6) is 0.930. The molecule has 3 aromatic heterocycles. The van der Waals surface area contributed by atoms with Crippen molar-refractivity contribution in [1.29, 1.82) is 0 Å². The van der Waals surface area contributed by atoms with Gasteiger partial charge in [-0.1, -0.05) is 23.4 Å². The van der Waals surface area contributed by atoms with Crippen LogP contribution in [0.25, 0.3) is 22.3 Å². The van der Waals surface area contributed by atoms with Crippen molar-refractivity contribution in [3.63, 3.8) is 0 Å². The van der Waals surface area contributed by atoms with Gasteiger partial charge in [0.05, 0.1) is 0 Å². The maximum Gasteiger partial charge on any atom is 0.227 e. The van der Waals surface area contributed by atoms with E-state index in [1.807, 2.05) is 36.5 Å². The minimum Gasteiger partial charge on any atom is -0.361 e. The van der Waals surface area contributed by atoms with Gasteiger partial charge in [0.15, 0.2) is 0 Å². The number of hydrogen-bond acceptors (Lipinski definition) is 5. The smallest absolute Gasteiger partial charge is 0.227 e. The second-order valence-electron chi connectivity index (χ2n) is 6.21. The van der Waals surface area contributed by atoms with Gasteiger partial charge in [-0.25, -0.2) is 0 Å². The van der Waals surface area contributed by atoms with Crippen molar-refractivity contribution < 1.29 is 9.32 Å². The summed E-state index contributed by atoms with van der Waals surface area (Å²) in [5, 5.41) is 8.08. The molecule has 3 heterocycles. The summed E-state index contributed by atoms with van der Waals surface area (Å²) in [7, 11) is 0. The van der Waals surface area contributed by atoms with Crippen molar-refractivity contribution in [3.05, 3.63) is 66.4 Å². The summed E-state index contributed by atoms with van der Waals surface area (Å²) in [6.07, 6.45) is 6.85. The Hall–Kier alpha value is -3.48. The van der Waals surface area contributed by atoms with Crippen molar-refractivity contribution in [3.8, 4) is 11.4 Å². The lowest BCUT2D eigenvalue weighted by atomic mass is 10.1. The van der Waals surface area contributed by atoms with E-state index >= 15 is 0 Å². The normalized spacial score (nSPS) is 11.0. The van der Waals surface area contributed by atoms with Gasteiger partial charge in [0.25, 0.3) is 0 Å². The Labute approximate surface area is 155 Å². The van der Waals surface area contributed by atoms with Crippen molar-refractivity contribution in [1.82, 2.24) is 25.4 Å². The molecule has 0 atom stereocenters. The monoisotopic (exact) mass is 361 g/mol. The highest BCUT2D eigenvalue weighted by Crippen LogP contribution is 2.18. The lowest BCUT2D eigenvalue weighted by molar-refractivity contribution is -0.121. The SMILES string of the molecule is O=C(CCc1nc(-c2ccncc2)no1)NCCc1c[nH]c2ccccc12. The summed E-state index contributed by atoms with van der Waals surface area (Å²) < 4.78 is 5.22. The van der Waals surface area contributed by atoms with Crippen LogP contribution in [0.2, 0.25) is 0 Å². The zero-order valence-electron chi connectivity index (χ0n) is 14.7. The second kappa shape index (κ2) is 7.82. The number of rotatable bonds is 7. The van der Waals surface area contributed by atoms with Crippen LogP contribution in [0.4, 0.5) is 0 Å². The number of aromatic amines is 1. The van der Waals surface area contributed by atoms with E-state index in [-0.39, 0.29) is 5.91 Å². The molecule has 4 aromatic rings. The molecule has 0 saturated carbocycles. The third-order valence-corrected chi connectivity index (χ3v) is 4.36. The van der Waals surface area contributed by atoms with Crippen LogP contribution in [0.3, 0.4) is 0 Å². The van der Waals surface area contributed by atoms with E-state index < -0.39 is 0 Å². The Bertz CT molecular complexity index is 1040. The number of carbonyl (C=O) groups is 1. The molecule has 1 aromatic carbocycles. The first kappa shape index (κ1) is 17.0. The first-order chi connectivity index (χ1) is 13.3. The highest BCUT2D eigenvalue weighted by molar-refractivity contribution is 5.83. The lowest BCUT2D eigenvalue weighted by Gasteiger charge is -2.03. The summed E-state index contributed by atoms with van der Waals surface area (Å²) >= 11 is 0. The highest BCUT2D eigenvalue weighted by Gasteiger charge is 2.11. The molecule has 7 nitrogen and oxygen atoms in total. The molecule has 7 heteroatoms. The number of benzene rings is 1. The predicted octanol–water partition coefficient (Wildman–Crippen LogP) is 2.90. The van der Waals surface area contributed by atoms with E-state index in [9.17, 15) is 4.79 Å². The molecule has 0 unspecified atom stereocenters. The fourth-order valence-corrected chi connectivity index (χ4v) is 2.96. The van der Waals surface area contributed by atoms with Crippen LogP contribution in [0.15, 0.2) is 59.5 Å². The molecule has 0 bridgehead atoms. The summed E-state index contributed by atoms with van der Waals surface area (Å²) in [6, 6.07) is 11.8. The summed E-state index contributed by atoms with van der Waals surface area (Å²) in [5.41, 5.74) is 3.15. The number of fused-ring (bicyclic) bond motifs is 1. The van der Waals surface area contributed by atoms with E-state index in [1.165, 1.54) is 10.9 Å². The van der Waals surface area contributed by atoms with Gasteiger partial charge in [0.2, 0.25) is 17.6 Å². The van der Waals surface area contributed by atoms with Crippen LogP contribution in [0, 0.1) is 0 Å². The van der Waals surface area contributed by atoms with E-state index in [1.54, 1.807) is 12.4 Å². The summed E-state index contributed by atoms with van der Waals surface area (Å²) in [6.45, 7) is 0.590. The van der Waals surface area contributed by atoms with Gasteiger partial charge in [0.1, 0.15) is 0 Å². The number of aryl methyl sites for hydroxylation is 1.